The number of rotatable bonds is 5. The Morgan fingerprint density at radius 1 is 1.54 bits per heavy atom. The maximum Gasteiger partial charge on any atom is 0.105 e. The van der Waals surface area contributed by atoms with Gasteiger partial charge in [-0.1, -0.05) is 0 Å². The summed E-state index contributed by atoms with van der Waals surface area (Å²) in [7, 11) is 0. The molecule has 0 aliphatic rings. The molecule has 74 valence electrons. The van der Waals surface area contributed by atoms with Gasteiger partial charge in [0.25, 0.3) is 0 Å². The average molecular weight is 183 g/mol. The minimum absolute atomic E-state index is 0.293. The standard InChI is InChI=1S/C10H17NO2/c1-8(11-7-9(2)12)6-10-4-3-5-13-10/h3-5,8-9,11-12H,6-7H2,1-2H3/t8?,9-/m1/s1. The Balaban J connectivity index is 2.22. The van der Waals surface area contributed by atoms with Crippen LogP contribution in [0.1, 0.15) is 19.6 Å². The molecular formula is C10H17NO2. The van der Waals surface area contributed by atoms with E-state index in [1.54, 1.807) is 13.2 Å². The number of aliphatic hydroxyl groups excluding tert-OH is 1. The molecule has 0 bridgehead atoms. The Labute approximate surface area is 78.8 Å². The lowest BCUT2D eigenvalue weighted by atomic mass is 10.2. The third-order valence-electron chi connectivity index (χ3n) is 1.85. The van der Waals surface area contributed by atoms with Crippen LogP contribution < -0.4 is 5.32 Å². The van der Waals surface area contributed by atoms with Crippen LogP contribution in [0.5, 0.6) is 0 Å². The number of furan rings is 1. The predicted molar refractivity (Wildman–Crippen MR) is 51.6 cm³/mol. The van der Waals surface area contributed by atoms with Crippen LogP contribution in [-0.4, -0.2) is 23.8 Å². The Kier molecular flexibility index (Phi) is 3.99. The summed E-state index contributed by atoms with van der Waals surface area (Å²) in [5.74, 6) is 0.977. The molecule has 0 aliphatic heterocycles. The Bertz CT molecular complexity index is 219. The van der Waals surface area contributed by atoms with Gasteiger partial charge in [-0.15, -0.1) is 0 Å². The van der Waals surface area contributed by atoms with E-state index in [1.165, 1.54) is 0 Å². The SMILES string of the molecule is CC(Cc1ccco1)NC[C@@H](C)O. The van der Waals surface area contributed by atoms with Crippen molar-refractivity contribution in [3.63, 3.8) is 0 Å². The third kappa shape index (κ3) is 4.10. The number of nitrogens with one attached hydrogen (secondary N) is 1. The Hall–Kier alpha value is -0.800. The van der Waals surface area contributed by atoms with Crippen LogP contribution in [0, 0.1) is 0 Å². The summed E-state index contributed by atoms with van der Waals surface area (Å²) in [6, 6.07) is 4.18. The monoisotopic (exact) mass is 183 g/mol. The van der Waals surface area contributed by atoms with E-state index in [4.69, 9.17) is 9.52 Å². The molecule has 1 unspecified atom stereocenters. The molecule has 2 N–H and O–H groups in total. The lowest BCUT2D eigenvalue weighted by molar-refractivity contribution is 0.186. The molecule has 2 atom stereocenters. The van der Waals surface area contributed by atoms with Gasteiger partial charge in [-0.3, -0.25) is 0 Å². The van der Waals surface area contributed by atoms with Gasteiger partial charge in [0.05, 0.1) is 12.4 Å². The summed E-state index contributed by atoms with van der Waals surface area (Å²) < 4.78 is 5.21. The van der Waals surface area contributed by atoms with Crippen molar-refractivity contribution < 1.29 is 9.52 Å². The highest BCUT2D eigenvalue weighted by Crippen LogP contribution is 2.03. The zero-order chi connectivity index (χ0) is 9.68. The second-order valence-electron chi connectivity index (χ2n) is 3.44. The second-order valence-corrected chi connectivity index (χ2v) is 3.44. The fourth-order valence-electron chi connectivity index (χ4n) is 1.17. The van der Waals surface area contributed by atoms with Crippen LogP contribution in [0.25, 0.3) is 0 Å². The average Bonchev–Trinajstić information content (AvgIpc) is 2.53. The van der Waals surface area contributed by atoms with Crippen LogP contribution in [0.15, 0.2) is 22.8 Å². The predicted octanol–water partition coefficient (Wildman–Crippen LogP) is 1.18. The Morgan fingerprint density at radius 2 is 2.31 bits per heavy atom. The number of hydrogen-bond donors (Lipinski definition) is 2. The van der Waals surface area contributed by atoms with Crippen molar-refractivity contribution >= 4 is 0 Å². The molecule has 1 heterocycles. The Morgan fingerprint density at radius 3 is 2.85 bits per heavy atom. The van der Waals surface area contributed by atoms with E-state index in [9.17, 15) is 0 Å². The highest BCUT2D eigenvalue weighted by Gasteiger charge is 2.05. The van der Waals surface area contributed by atoms with Crippen molar-refractivity contribution in [3.8, 4) is 0 Å². The second kappa shape index (κ2) is 5.04. The molecule has 1 aromatic heterocycles. The highest BCUT2D eigenvalue weighted by atomic mass is 16.3. The maximum absolute atomic E-state index is 9.04. The molecule has 0 fully saturated rings. The van der Waals surface area contributed by atoms with Crippen molar-refractivity contribution in [1.29, 1.82) is 0 Å². The first kappa shape index (κ1) is 10.3. The molecule has 3 heteroatoms. The van der Waals surface area contributed by atoms with Crippen LogP contribution in [0.4, 0.5) is 0 Å². The van der Waals surface area contributed by atoms with Gasteiger partial charge in [-0.05, 0) is 26.0 Å². The van der Waals surface area contributed by atoms with Crippen molar-refractivity contribution in [1.82, 2.24) is 5.32 Å². The van der Waals surface area contributed by atoms with Crippen LogP contribution in [0.3, 0.4) is 0 Å². The molecular weight excluding hydrogens is 166 g/mol. The summed E-state index contributed by atoms with van der Waals surface area (Å²) >= 11 is 0. The fraction of sp³-hybridized carbons (Fsp3) is 0.600. The van der Waals surface area contributed by atoms with Gasteiger partial charge in [0, 0.05) is 19.0 Å². The zero-order valence-electron chi connectivity index (χ0n) is 8.16. The molecule has 0 amide bonds. The molecule has 1 rings (SSSR count). The molecule has 3 nitrogen and oxygen atoms in total. The first-order valence-electron chi connectivity index (χ1n) is 4.62. The molecule has 0 aliphatic carbocycles. The topological polar surface area (TPSA) is 45.4 Å². The van der Waals surface area contributed by atoms with Gasteiger partial charge in [-0.2, -0.15) is 0 Å². The number of aliphatic hydroxyl groups is 1. The normalized spacial score (nSPS) is 15.6. The van der Waals surface area contributed by atoms with E-state index >= 15 is 0 Å². The lowest BCUT2D eigenvalue weighted by Gasteiger charge is -2.13. The van der Waals surface area contributed by atoms with E-state index in [0.717, 1.165) is 12.2 Å². The van der Waals surface area contributed by atoms with Crippen LogP contribution in [-0.2, 0) is 6.42 Å². The van der Waals surface area contributed by atoms with E-state index in [0.29, 0.717) is 12.6 Å². The molecule has 0 saturated heterocycles. The van der Waals surface area contributed by atoms with Crippen LogP contribution in [0.2, 0.25) is 0 Å². The molecule has 0 radical (unpaired) electrons. The lowest BCUT2D eigenvalue weighted by Crippen LogP contribution is -2.33. The number of hydrogen-bond acceptors (Lipinski definition) is 3. The van der Waals surface area contributed by atoms with Gasteiger partial charge < -0.3 is 14.8 Å². The quantitative estimate of drug-likeness (QED) is 0.720. The minimum atomic E-state index is -0.293. The largest absolute Gasteiger partial charge is 0.469 e. The summed E-state index contributed by atoms with van der Waals surface area (Å²) in [6.07, 6.45) is 2.25. The maximum atomic E-state index is 9.04. The zero-order valence-corrected chi connectivity index (χ0v) is 8.16. The summed E-state index contributed by atoms with van der Waals surface area (Å²) in [6.45, 7) is 4.47. The first-order valence-corrected chi connectivity index (χ1v) is 4.62. The van der Waals surface area contributed by atoms with Crippen molar-refractivity contribution in [2.24, 2.45) is 0 Å². The van der Waals surface area contributed by atoms with Crippen molar-refractivity contribution in [3.05, 3.63) is 24.2 Å². The molecule has 13 heavy (non-hydrogen) atoms. The van der Waals surface area contributed by atoms with E-state index in [1.807, 2.05) is 12.1 Å². The minimum Gasteiger partial charge on any atom is -0.469 e. The summed E-state index contributed by atoms with van der Waals surface area (Å²) in [5.41, 5.74) is 0. The molecule has 1 aromatic rings. The van der Waals surface area contributed by atoms with Crippen LogP contribution >= 0.6 is 0 Å². The summed E-state index contributed by atoms with van der Waals surface area (Å²) in [5, 5.41) is 12.3. The smallest absolute Gasteiger partial charge is 0.105 e. The molecule has 0 aromatic carbocycles. The van der Waals surface area contributed by atoms with E-state index < -0.39 is 0 Å². The van der Waals surface area contributed by atoms with Crippen molar-refractivity contribution in [2.45, 2.75) is 32.4 Å². The van der Waals surface area contributed by atoms with Gasteiger partial charge in [-0.25, -0.2) is 0 Å². The first-order chi connectivity index (χ1) is 6.18. The van der Waals surface area contributed by atoms with Crippen molar-refractivity contribution in [2.75, 3.05) is 6.54 Å². The van der Waals surface area contributed by atoms with Gasteiger partial charge in [0.15, 0.2) is 0 Å². The highest BCUT2D eigenvalue weighted by molar-refractivity contribution is 4.99. The van der Waals surface area contributed by atoms with E-state index in [-0.39, 0.29) is 6.10 Å². The van der Waals surface area contributed by atoms with E-state index in [2.05, 4.69) is 12.2 Å². The fourth-order valence-corrected chi connectivity index (χ4v) is 1.17. The molecule has 0 saturated carbocycles. The summed E-state index contributed by atoms with van der Waals surface area (Å²) in [4.78, 5) is 0. The van der Waals surface area contributed by atoms with Gasteiger partial charge >= 0.3 is 0 Å². The van der Waals surface area contributed by atoms with Gasteiger partial charge in [0.1, 0.15) is 5.76 Å². The third-order valence-corrected chi connectivity index (χ3v) is 1.85. The van der Waals surface area contributed by atoms with Gasteiger partial charge in [0.2, 0.25) is 0 Å². The molecule has 0 spiro atoms.